The summed E-state index contributed by atoms with van der Waals surface area (Å²) in [7, 11) is -3.72. The van der Waals surface area contributed by atoms with E-state index >= 15 is 0 Å². The number of unbranched alkanes of at least 4 members (excludes halogenated alkanes) is 1. The number of ether oxygens (including phenoxy) is 3. The highest BCUT2D eigenvalue weighted by Gasteiger charge is 2.39. The first-order valence-corrected chi connectivity index (χ1v) is 17.0. The first kappa shape index (κ1) is 36.0. The minimum atomic E-state index is -3.72. The van der Waals surface area contributed by atoms with Crippen molar-refractivity contribution in [2.45, 2.75) is 90.0 Å². The maximum Gasteiger partial charge on any atom is 0.435 e. The van der Waals surface area contributed by atoms with E-state index in [1.54, 1.807) is 45.0 Å². The van der Waals surface area contributed by atoms with E-state index in [4.69, 9.17) is 19.9 Å². The number of nitrogens with one attached hydrogen (secondary N) is 2. The number of carboxylic acid groups (broad SMARTS) is 1. The Bertz CT molecular complexity index is 1290. The van der Waals surface area contributed by atoms with Gasteiger partial charge in [-0.1, -0.05) is 25.5 Å². The van der Waals surface area contributed by atoms with Gasteiger partial charge in [0.15, 0.2) is 6.10 Å². The summed E-state index contributed by atoms with van der Waals surface area (Å²) in [5.41, 5.74) is 6.16. The Morgan fingerprint density at radius 2 is 1.89 bits per heavy atom. The number of carbonyl (C=O) groups is 3. The van der Waals surface area contributed by atoms with E-state index in [1.165, 1.54) is 4.90 Å². The standard InChI is InChI=1S/C30H47N5O9S/c1-5-6-15-45(40,41)34-24(27(36)37)16-20-7-9-22(10-8-20)42-19-23-18-35(29(39)43-23)25(17-21-11-13-32-14-12-21)26(31)33-28(38)44-30(2,3)4/h7-10,21,23-25,32,34H,5-6,11-19H2,1-4H3,(H,36,37)(H2,31,33,38). The van der Waals surface area contributed by atoms with Gasteiger partial charge in [-0.15, -0.1) is 0 Å². The van der Waals surface area contributed by atoms with E-state index in [-0.39, 0.29) is 37.1 Å². The maximum atomic E-state index is 13.0. The van der Waals surface area contributed by atoms with Crippen LogP contribution in [0.1, 0.15) is 65.4 Å². The predicted molar refractivity (Wildman–Crippen MR) is 168 cm³/mol. The summed E-state index contributed by atoms with van der Waals surface area (Å²) in [5, 5.41) is 12.9. The van der Waals surface area contributed by atoms with Crippen molar-refractivity contribution in [3.8, 4) is 5.75 Å². The van der Waals surface area contributed by atoms with Gasteiger partial charge in [0.05, 0.1) is 18.3 Å². The zero-order valence-corrected chi connectivity index (χ0v) is 27.3. The Hall–Kier alpha value is -3.43. The number of amidine groups is 1. The van der Waals surface area contributed by atoms with Crippen LogP contribution in [0.25, 0.3) is 0 Å². The monoisotopic (exact) mass is 653 g/mol. The second kappa shape index (κ2) is 16.2. The predicted octanol–water partition coefficient (Wildman–Crippen LogP) is 2.65. The maximum absolute atomic E-state index is 13.0. The number of aliphatic carboxylic acids is 1. The lowest BCUT2D eigenvalue weighted by molar-refractivity contribution is -0.138. The van der Waals surface area contributed by atoms with Crippen molar-refractivity contribution in [2.75, 3.05) is 32.0 Å². The Balaban J connectivity index is 1.62. The Kier molecular flexibility index (Phi) is 13.0. The SMILES string of the molecule is CCCCS(=O)(=O)NC(Cc1ccc(OCC2CN(C(CC3CCNCC3)C(N)=NC(=O)OC(C)(C)C)C(=O)O2)cc1)C(=O)O. The molecule has 45 heavy (non-hydrogen) atoms. The molecule has 1 aromatic rings. The largest absolute Gasteiger partial charge is 0.490 e. The van der Waals surface area contributed by atoms with Crippen LogP contribution in [0.5, 0.6) is 5.75 Å². The highest BCUT2D eigenvalue weighted by molar-refractivity contribution is 7.89. The molecule has 0 aliphatic carbocycles. The van der Waals surface area contributed by atoms with Crippen molar-refractivity contribution in [3.05, 3.63) is 29.8 Å². The van der Waals surface area contributed by atoms with E-state index in [0.717, 1.165) is 25.9 Å². The lowest BCUT2D eigenvalue weighted by Gasteiger charge is -2.31. The van der Waals surface area contributed by atoms with E-state index in [0.29, 0.717) is 30.6 Å². The normalized spacial score (nSPS) is 19.6. The molecule has 0 saturated carbocycles. The van der Waals surface area contributed by atoms with Crippen LogP contribution in [0.3, 0.4) is 0 Å². The minimum Gasteiger partial charge on any atom is -0.490 e. The van der Waals surface area contributed by atoms with Gasteiger partial charge >= 0.3 is 18.2 Å². The first-order chi connectivity index (χ1) is 21.2. The van der Waals surface area contributed by atoms with Gasteiger partial charge in [0, 0.05) is 0 Å². The van der Waals surface area contributed by atoms with Crippen molar-refractivity contribution in [1.82, 2.24) is 14.9 Å². The molecule has 0 spiro atoms. The van der Waals surface area contributed by atoms with Gasteiger partial charge in [0.1, 0.15) is 29.8 Å². The zero-order valence-electron chi connectivity index (χ0n) is 26.5. The quantitative estimate of drug-likeness (QED) is 0.160. The summed E-state index contributed by atoms with van der Waals surface area (Å²) >= 11 is 0. The second-order valence-corrected chi connectivity index (χ2v) is 14.3. The molecular formula is C30H47N5O9S. The smallest absolute Gasteiger partial charge is 0.435 e. The van der Waals surface area contributed by atoms with Crippen LogP contribution < -0.4 is 20.5 Å². The van der Waals surface area contributed by atoms with E-state index in [1.807, 2.05) is 6.92 Å². The summed E-state index contributed by atoms with van der Waals surface area (Å²) < 4.78 is 43.4. The van der Waals surface area contributed by atoms with E-state index in [9.17, 15) is 27.9 Å². The van der Waals surface area contributed by atoms with E-state index in [2.05, 4.69) is 15.0 Å². The third-order valence-electron chi connectivity index (χ3n) is 7.43. The Morgan fingerprint density at radius 1 is 1.22 bits per heavy atom. The summed E-state index contributed by atoms with van der Waals surface area (Å²) in [6.45, 7) is 8.96. The number of hydrogen-bond donors (Lipinski definition) is 4. The van der Waals surface area contributed by atoms with Crippen molar-refractivity contribution >= 4 is 34.0 Å². The van der Waals surface area contributed by atoms with Crippen molar-refractivity contribution < 1.29 is 42.1 Å². The van der Waals surface area contributed by atoms with Crippen LogP contribution in [-0.4, -0.2) is 98.2 Å². The van der Waals surface area contributed by atoms with Gasteiger partial charge in [0.25, 0.3) is 0 Å². The molecule has 15 heteroatoms. The fraction of sp³-hybridized carbons (Fsp3) is 0.667. The first-order valence-electron chi connectivity index (χ1n) is 15.3. The number of carbonyl (C=O) groups excluding carboxylic acids is 2. The van der Waals surface area contributed by atoms with Gasteiger partial charge in [-0.05, 0) is 89.6 Å². The number of piperidine rings is 1. The molecule has 2 heterocycles. The molecule has 252 valence electrons. The number of cyclic esters (lactones) is 1. The number of hydrogen-bond acceptors (Lipinski definition) is 9. The number of benzene rings is 1. The average molecular weight is 654 g/mol. The summed E-state index contributed by atoms with van der Waals surface area (Å²) in [6.07, 6.45) is 1.38. The number of aliphatic imine (C=N–C) groups is 1. The summed E-state index contributed by atoms with van der Waals surface area (Å²) in [5.74, 6) is -0.675. The summed E-state index contributed by atoms with van der Waals surface area (Å²) in [4.78, 5) is 42.5. The van der Waals surface area contributed by atoms with Gasteiger partial charge in [-0.3, -0.25) is 9.69 Å². The highest BCUT2D eigenvalue weighted by atomic mass is 32.2. The lowest BCUT2D eigenvalue weighted by Crippen LogP contribution is -2.48. The molecule has 5 N–H and O–H groups in total. The lowest BCUT2D eigenvalue weighted by atomic mass is 9.90. The number of amides is 2. The molecule has 2 aliphatic heterocycles. The third kappa shape index (κ3) is 12.1. The number of nitrogens with zero attached hydrogens (tertiary/aromatic N) is 2. The molecule has 3 atom stereocenters. The highest BCUT2D eigenvalue weighted by Crippen LogP contribution is 2.25. The molecule has 0 aromatic heterocycles. The molecular weight excluding hydrogens is 606 g/mol. The molecule has 3 unspecified atom stereocenters. The van der Waals surface area contributed by atoms with Crippen LogP contribution in [0.15, 0.2) is 29.3 Å². The number of nitrogens with two attached hydrogens (primary N) is 1. The molecule has 2 fully saturated rings. The number of sulfonamides is 1. The van der Waals surface area contributed by atoms with Gasteiger partial charge in [-0.2, -0.15) is 4.99 Å². The number of carboxylic acids is 1. The van der Waals surface area contributed by atoms with Crippen LogP contribution in [-0.2, 0) is 30.7 Å². The molecule has 0 radical (unpaired) electrons. The topological polar surface area (TPSA) is 199 Å². The van der Waals surface area contributed by atoms with Gasteiger partial charge in [0.2, 0.25) is 10.0 Å². The molecule has 14 nitrogen and oxygen atoms in total. The van der Waals surface area contributed by atoms with Gasteiger partial charge in [-0.25, -0.2) is 22.7 Å². The zero-order chi connectivity index (χ0) is 33.2. The van der Waals surface area contributed by atoms with E-state index < -0.39 is 52.0 Å². The van der Waals surface area contributed by atoms with Crippen LogP contribution in [0.2, 0.25) is 0 Å². The minimum absolute atomic E-state index is 0.00999. The molecule has 1 aromatic carbocycles. The second-order valence-electron chi connectivity index (χ2n) is 12.5. The number of rotatable bonds is 15. The van der Waals surface area contributed by atoms with Gasteiger partial charge < -0.3 is 30.4 Å². The molecule has 0 bridgehead atoms. The Labute approximate surface area is 265 Å². The van der Waals surface area contributed by atoms with Crippen LogP contribution in [0.4, 0.5) is 9.59 Å². The third-order valence-corrected chi connectivity index (χ3v) is 8.90. The van der Waals surface area contributed by atoms with Crippen LogP contribution in [0, 0.1) is 5.92 Å². The molecule has 2 saturated heterocycles. The van der Waals surface area contributed by atoms with Crippen molar-refractivity contribution in [1.29, 1.82) is 0 Å². The average Bonchev–Trinajstić information content (AvgIpc) is 3.33. The molecule has 2 amide bonds. The Morgan fingerprint density at radius 3 is 2.49 bits per heavy atom. The van der Waals surface area contributed by atoms with Crippen molar-refractivity contribution in [2.24, 2.45) is 16.6 Å². The van der Waals surface area contributed by atoms with Crippen LogP contribution >= 0.6 is 0 Å². The fourth-order valence-electron chi connectivity index (χ4n) is 5.12. The molecule has 3 rings (SSSR count). The molecule has 2 aliphatic rings. The van der Waals surface area contributed by atoms with Crippen molar-refractivity contribution in [3.63, 3.8) is 0 Å². The summed E-state index contributed by atoms with van der Waals surface area (Å²) in [6, 6.07) is 4.63. The fourth-order valence-corrected chi connectivity index (χ4v) is 6.53.